The number of hydrogen-bond donors (Lipinski definition) is 1. The minimum atomic E-state index is 0.335. The topological polar surface area (TPSA) is 24.5 Å². The van der Waals surface area contributed by atoms with Crippen LogP contribution in [-0.4, -0.2) is 39.2 Å². The minimum absolute atomic E-state index is 0.335. The lowest BCUT2D eigenvalue weighted by Gasteiger charge is -2.15. The Morgan fingerprint density at radius 1 is 1.39 bits per heavy atom. The fraction of sp³-hybridized carbons (Fsp3) is 0.571. The summed E-state index contributed by atoms with van der Waals surface area (Å²) in [5, 5.41) is 3.23. The second-order valence-corrected chi connectivity index (χ2v) is 5.55. The van der Waals surface area contributed by atoms with Crippen LogP contribution in [0, 0.1) is 0 Å². The van der Waals surface area contributed by atoms with Crippen LogP contribution in [0.25, 0.3) is 0 Å². The molecule has 4 heteroatoms. The lowest BCUT2D eigenvalue weighted by Crippen LogP contribution is -2.15. The predicted octanol–water partition coefficient (Wildman–Crippen LogP) is 3.06. The second-order valence-electron chi connectivity index (χ2n) is 4.70. The number of nitrogens with zero attached hydrogens (tertiary/aromatic N) is 1. The number of halogens is 1. The van der Waals surface area contributed by atoms with Gasteiger partial charge in [0.05, 0.1) is 6.61 Å². The van der Waals surface area contributed by atoms with Crippen molar-refractivity contribution < 1.29 is 4.74 Å². The third kappa shape index (κ3) is 4.96. The molecule has 0 spiro atoms. The van der Waals surface area contributed by atoms with Crippen LogP contribution in [0.4, 0.5) is 0 Å². The largest absolute Gasteiger partial charge is 0.494 e. The molecule has 0 aromatic heterocycles. The van der Waals surface area contributed by atoms with Crippen molar-refractivity contribution in [3.8, 4) is 5.75 Å². The van der Waals surface area contributed by atoms with Gasteiger partial charge in [0.15, 0.2) is 0 Å². The summed E-state index contributed by atoms with van der Waals surface area (Å²) in [6.07, 6.45) is 1.04. The molecule has 1 unspecified atom stereocenters. The Kier molecular flexibility index (Phi) is 6.68. The molecule has 0 bridgehead atoms. The van der Waals surface area contributed by atoms with Gasteiger partial charge < -0.3 is 15.0 Å². The van der Waals surface area contributed by atoms with Crippen molar-refractivity contribution in [3.05, 3.63) is 28.2 Å². The van der Waals surface area contributed by atoms with Gasteiger partial charge in [-0.2, -0.15) is 0 Å². The highest BCUT2D eigenvalue weighted by Crippen LogP contribution is 2.27. The normalized spacial score (nSPS) is 12.8. The van der Waals surface area contributed by atoms with Crippen LogP contribution in [0.15, 0.2) is 22.7 Å². The van der Waals surface area contributed by atoms with Crippen LogP contribution >= 0.6 is 15.9 Å². The summed E-state index contributed by atoms with van der Waals surface area (Å²) < 4.78 is 6.82. The SMILES string of the molecule is CNC(C)c1ccc(OCCCN(C)C)cc1Br. The average Bonchev–Trinajstić information content (AvgIpc) is 2.33. The summed E-state index contributed by atoms with van der Waals surface area (Å²) in [4.78, 5) is 2.16. The van der Waals surface area contributed by atoms with Crippen molar-refractivity contribution in [2.45, 2.75) is 19.4 Å². The van der Waals surface area contributed by atoms with Gasteiger partial charge >= 0.3 is 0 Å². The van der Waals surface area contributed by atoms with E-state index in [9.17, 15) is 0 Å². The third-order valence-corrected chi connectivity index (χ3v) is 3.58. The second kappa shape index (κ2) is 7.77. The van der Waals surface area contributed by atoms with Crippen LogP contribution in [0.3, 0.4) is 0 Å². The smallest absolute Gasteiger partial charge is 0.120 e. The molecule has 1 atom stereocenters. The van der Waals surface area contributed by atoms with Crippen LogP contribution in [0.2, 0.25) is 0 Å². The van der Waals surface area contributed by atoms with Crippen molar-refractivity contribution in [2.24, 2.45) is 0 Å². The molecule has 0 radical (unpaired) electrons. The minimum Gasteiger partial charge on any atom is -0.494 e. The zero-order valence-corrected chi connectivity index (χ0v) is 13.3. The van der Waals surface area contributed by atoms with Crippen LogP contribution in [0.1, 0.15) is 24.9 Å². The van der Waals surface area contributed by atoms with Crippen molar-refractivity contribution in [1.82, 2.24) is 10.2 Å². The number of benzene rings is 1. The van der Waals surface area contributed by atoms with Gasteiger partial charge in [-0.15, -0.1) is 0 Å². The molecule has 18 heavy (non-hydrogen) atoms. The zero-order chi connectivity index (χ0) is 13.5. The Balaban J connectivity index is 2.51. The van der Waals surface area contributed by atoms with Gasteiger partial charge in [-0.3, -0.25) is 0 Å². The molecule has 102 valence electrons. The highest BCUT2D eigenvalue weighted by atomic mass is 79.9. The van der Waals surface area contributed by atoms with Gasteiger partial charge in [-0.05, 0) is 52.2 Å². The van der Waals surface area contributed by atoms with Gasteiger partial charge in [-0.1, -0.05) is 22.0 Å². The maximum absolute atomic E-state index is 5.73. The molecule has 0 saturated carbocycles. The van der Waals surface area contributed by atoms with Crippen molar-refractivity contribution >= 4 is 15.9 Å². The molecule has 0 heterocycles. The van der Waals surface area contributed by atoms with E-state index in [1.165, 1.54) is 5.56 Å². The van der Waals surface area contributed by atoms with Gasteiger partial charge in [0, 0.05) is 17.1 Å². The monoisotopic (exact) mass is 314 g/mol. The number of hydrogen-bond acceptors (Lipinski definition) is 3. The summed E-state index contributed by atoms with van der Waals surface area (Å²) >= 11 is 3.59. The van der Waals surface area contributed by atoms with E-state index >= 15 is 0 Å². The Bertz CT molecular complexity index is 369. The number of nitrogens with one attached hydrogen (secondary N) is 1. The van der Waals surface area contributed by atoms with E-state index in [-0.39, 0.29) is 0 Å². The van der Waals surface area contributed by atoms with Crippen molar-refractivity contribution in [2.75, 3.05) is 34.3 Å². The van der Waals surface area contributed by atoms with Crippen molar-refractivity contribution in [1.29, 1.82) is 0 Å². The molecule has 1 aromatic rings. The van der Waals surface area contributed by atoms with E-state index in [2.05, 4.69) is 53.2 Å². The molecule has 0 aliphatic carbocycles. The molecular weight excluding hydrogens is 292 g/mol. The van der Waals surface area contributed by atoms with Crippen molar-refractivity contribution in [3.63, 3.8) is 0 Å². The number of rotatable bonds is 7. The molecular formula is C14H23BrN2O. The Morgan fingerprint density at radius 2 is 2.11 bits per heavy atom. The molecule has 0 fully saturated rings. The lowest BCUT2D eigenvalue weighted by molar-refractivity contribution is 0.281. The first-order valence-electron chi connectivity index (χ1n) is 6.29. The first kappa shape index (κ1) is 15.5. The van der Waals surface area contributed by atoms with Crippen LogP contribution in [-0.2, 0) is 0 Å². The maximum atomic E-state index is 5.73. The molecule has 0 amide bonds. The summed E-state index contributed by atoms with van der Waals surface area (Å²) in [5.74, 6) is 0.924. The quantitative estimate of drug-likeness (QED) is 0.783. The van der Waals surface area contributed by atoms with Gasteiger partial charge in [0.2, 0.25) is 0 Å². The van der Waals surface area contributed by atoms with E-state index in [0.717, 1.165) is 29.8 Å². The van der Waals surface area contributed by atoms with Crippen LogP contribution < -0.4 is 10.1 Å². The first-order chi connectivity index (χ1) is 8.54. The molecule has 0 saturated heterocycles. The summed E-state index contributed by atoms with van der Waals surface area (Å²) in [6.45, 7) is 3.94. The third-order valence-electron chi connectivity index (χ3n) is 2.89. The highest BCUT2D eigenvalue weighted by Gasteiger charge is 2.08. The van der Waals surface area contributed by atoms with Gasteiger partial charge in [-0.25, -0.2) is 0 Å². The standard InChI is InChI=1S/C14H23BrN2O/c1-11(16-2)13-7-6-12(10-14(13)15)18-9-5-8-17(3)4/h6-7,10-11,16H,5,8-9H2,1-4H3. The van der Waals surface area contributed by atoms with Gasteiger partial charge in [0.1, 0.15) is 5.75 Å². The summed E-state index contributed by atoms with van der Waals surface area (Å²) in [5.41, 5.74) is 1.25. The van der Waals surface area contributed by atoms with E-state index in [4.69, 9.17) is 4.74 Å². The Morgan fingerprint density at radius 3 is 2.67 bits per heavy atom. The van der Waals surface area contributed by atoms with Gasteiger partial charge in [0.25, 0.3) is 0 Å². The molecule has 0 aliphatic heterocycles. The number of ether oxygens (including phenoxy) is 1. The molecule has 3 nitrogen and oxygen atoms in total. The fourth-order valence-corrected chi connectivity index (χ4v) is 2.38. The molecule has 1 N–H and O–H groups in total. The van der Waals surface area contributed by atoms with E-state index in [1.54, 1.807) is 0 Å². The summed E-state index contributed by atoms with van der Waals surface area (Å²) in [7, 11) is 6.11. The zero-order valence-electron chi connectivity index (χ0n) is 11.7. The first-order valence-corrected chi connectivity index (χ1v) is 7.08. The predicted molar refractivity (Wildman–Crippen MR) is 80.3 cm³/mol. The van der Waals surface area contributed by atoms with E-state index < -0.39 is 0 Å². The maximum Gasteiger partial charge on any atom is 0.120 e. The molecule has 0 aliphatic rings. The van der Waals surface area contributed by atoms with Crippen LogP contribution in [0.5, 0.6) is 5.75 Å². The van der Waals surface area contributed by atoms with E-state index in [0.29, 0.717) is 6.04 Å². The summed E-state index contributed by atoms with van der Waals surface area (Å²) in [6, 6.07) is 6.51. The average molecular weight is 315 g/mol. The van der Waals surface area contributed by atoms with E-state index in [1.807, 2.05) is 19.2 Å². The Hall–Kier alpha value is -0.580. The molecule has 1 aromatic carbocycles. The molecule has 1 rings (SSSR count). The lowest BCUT2D eigenvalue weighted by atomic mass is 10.1. The Labute approximate surface area is 119 Å². The highest BCUT2D eigenvalue weighted by molar-refractivity contribution is 9.10. The fourth-order valence-electron chi connectivity index (χ4n) is 1.68.